The summed E-state index contributed by atoms with van der Waals surface area (Å²) in [6.45, 7) is 2.41. The van der Waals surface area contributed by atoms with Gasteiger partial charge in [-0.25, -0.2) is 0 Å². The molecule has 5 heteroatoms. The van der Waals surface area contributed by atoms with Gasteiger partial charge in [-0.15, -0.1) is 0 Å². The summed E-state index contributed by atoms with van der Waals surface area (Å²) in [6.07, 6.45) is 0.208. The van der Waals surface area contributed by atoms with Crippen LogP contribution in [0.3, 0.4) is 0 Å². The third kappa shape index (κ3) is 5.45. The molecule has 0 heterocycles. The topological polar surface area (TPSA) is 67.4 Å². The second-order valence-corrected chi connectivity index (χ2v) is 6.40. The first-order valence-electron chi connectivity index (χ1n) is 9.02. The molecule has 0 spiro atoms. The van der Waals surface area contributed by atoms with E-state index >= 15 is 0 Å². The van der Waals surface area contributed by atoms with Crippen molar-refractivity contribution in [2.45, 2.75) is 20.0 Å². The molecule has 2 amide bonds. The van der Waals surface area contributed by atoms with Gasteiger partial charge in [0, 0.05) is 5.56 Å². The summed E-state index contributed by atoms with van der Waals surface area (Å²) < 4.78 is 5.70. The molecular formula is C23H22N2O3. The lowest BCUT2D eigenvalue weighted by Crippen LogP contribution is -2.42. The Balaban J connectivity index is 1.47. The molecule has 0 saturated heterocycles. The third-order valence-corrected chi connectivity index (χ3v) is 4.29. The highest BCUT2D eigenvalue weighted by atomic mass is 16.5. The quantitative estimate of drug-likeness (QED) is 0.648. The molecule has 5 nitrogen and oxygen atoms in total. The van der Waals surface area contributed by atoms with E-state index in [-0.39, 0.29) is 18.2 Å². The molecule has 0 unspecified atom stereocenters. The van der Waals surface area contributed by atoms with Crippen molar-refractivity contribution in [2.75, 3.05) is 0 Å². The van der Waals surface area contributed by atoms with Crippen LogP contribution in [0.5, 0.6) is 5.75 Å². The molecular weight excluding hydrogens is 352 g/mol. The average molecular weight is 374 g/mol. The van der Waals surface area contributed by atoms with Gasteiger partial charge < -0.3 is 4.74 Å². The summed E-state index contributed by atoms with van der Waals surface area (Å²) in [5.74, 6) is 0.0159. The molecule has 2 N–H and O–H groups in total. The van der Waals surface area contributed by atoms with Crippen LogP contribution < -0.4 is 15.6 Å². The molecule has 0 atom stereocenters. The van der Waals surface area contributed by atoms with E-state index < -0.39 is 0 Å². The van der Waals surface area contributed by atoms with Gasteiger partial charge >= 0.3 is 0 Å². The molecule has 0 fully saturated rings. The van der Waals surface area contributed by atoms with Gasteiger partial charge in [-0.05, 0) is 47.9 Å². The van der Waals surface area contributed by atoms with Crippen LogP contribution >= 0.6 is 0 Å². The van der Waals surface area contributed by atoms with Crippen LogP contribution in [0, 0.1) is 6.92 Å². The number of ether oxygens (including phenoxy) is 1. The number of hydrazine groups is 1. The number of amides is 2. The third-order valence-electron chi connectivity index (χ3n) is 4.29. The minimum atomic E-state index is -0.382. The maximum absolute atomic E-state index is 12.2. The Morgan fingerprint density at radius 1 is 0.821 bits per heavy atom. The largest absolute Gasteiger partial charge is 0.489 e. The van der Waals surface area contributed by atoms with Gasteiger partial charge in [-0.1, -0.05) is 54.6 Å². The first-order valence-corrected chi connectivity index (χ1v) is 9.02. The first-order chi connectivity index (χ1) is 13.6. The van der Waals surface area contributed by atoms with Crippen molar-refractivity contribution in [3.8, 4) is 5.75 Å². The lowest BCUT2D eigenvalue weighted by molar-refractivity contribution is -0.121. The Hall–Kier alpha value is -3.60. The Kier molecular flexibility index (Phi) is 6.41. The van der Waals surface area contributed by atoms with Crippen LogP contribution in [0.15, 0.2) is 78.9 Å². The van der Waals surface area contributed by atoms with E-state index in [0.717, 1.165) is 16.7 Å². The van der Waals surface area contributed by atoms with Crippen LogP contribution in [0.2, 0.25) is 0 Å². The monoisotopic (exact) mass is 374 g/mol. The summed E-state index contributed by atoms with van der Waals surface area (Å²) >= 11 is 0. The molecule has 0 radical (unpaired) electrons. The van der Waals surface area contributed by atoms with Crippen LogP contribution in [0.1, 0.15) is 27.0 Å². The number of hydrogen-bond donors (Lipinski definition) is 2. The van der Waals surface area contributed by atoms with Crippen molar-refractivity contribution < 1.29 is 14.3 Å². The normalized spacial score (nSPS) is 10.2. The Labute approximate surface area is 164 Å². The van der Waals surface area contributed by atoms with Crippen molar-refractivity contribution in [3.63, 3.8) is 0 Å². The average Bonchev–Trinajstić information content (AvgIpc) is 2.73. The molecule has 28 heavy (non-hydrogen) atoms. The summed E-state index contributed by atoms with van der Waals surface area (Å²) in [4.78, 5) is 24.2. The Morgan fingerprint density at radius 3 is 2.21 bits per heavy atom. The zero-order valence-electron chi connectivity index (χ0n) is 15.6. The number of rotatable bonds is 6. The molecule has 0 aliphatic rings. The second kappa shape index (κ2) is 9.37. The highest BCUT2D eigenvalue weighted by molar-refractivity contribution is 5.95. The minimum Gasteiger partial charge on any atom is -0.489 e. The van der Waals surface area contributed by atoms with Gasteiger partial charge in [0.25, 0.3) is 5.91 Å². The molecule has 3 aromatic rings. The highest BCUT2D eigenvalue weighted by Crippen LogP contribution is 2.14. The fraction of sp³-hybridized carbons (Fsp3) is 0.130. The van der Waals surface area contributed by atoms with E-state index in [2.05, 4.69) is 10.9 Å². The molecule has 0 saturated carbocycles. The number of benzene rings is 3. The first kappa shape index (κ1) is 19.2. The lowest BCUT2D eigenvalue weighted by Gasteiger charge is -2.10. The summed E-state index contributed by atoms with van der Waals surface area (Å²) in [7, 11) is 0. The second-order valence-electron chi connectivity index (χ2n) is 6.40. The van der Waals surface area contributed by atoms with Crippen LogP contribution in [0.25, 0.3) is 0 Å². The van der Waals surface area contributed by atoms with Crippen LogP contribution in [-0.4, -0.2) is 11.8 Å². The van der Waals surface area contributed by atoms with Crippen LogP contribution in [-0.2, 0) is 17.8 Å². The van der Waals surface area contributed by atoms with E-state index in [0.29, 0.717) is 17.9 Å². The van der Waals surface area contributed by atoms with Crippen LogP contribution in [0.4, 0.5) is 0 Å². The zero-order valence-corrected chi connectivity index (χ0v) is 15.6. The van der Waals surface area contributed by atoms with Crippen molar-refractivity contribution in [3.05, 3.63) is 101 Å². The predicted octanol–water partition coefficient (Wildman–Crippen LogP) is 3.58. The summed E-state index contributed by atoms with van der Waals surface area (Å²) in [6, 6.07) is 24.3. The Bertz CT molecular complexity index is 938. The van der Waals surface area contributed by atoms with Gasteiger partial charge in [0.05, 0.1) is 6.42 Å². The number of hydrogen-bond acceptors (Lipinski definition) is 3. The number of carbonyl (C=O) groups is 2. The van der Waals surface area contributed by atoms with E-state index in [1.807, 2.05) is 61.5 Å². The van der Waals surface area contributed by atoms with E-state index in [9.17, 15) is 9.59 Å². The van der Waals surface area contributed by atoms with Crippen molar-refractivity contribution in [1.29, 1.82) is 0 Å². The molecule has 0 aromatic heterocycles. The van der Waals surface area contributed by atoms with Gasteiger partial charge in [0.2, 0.25) is 5.91 Å². The standard InChI is InChI=1S/C23H22N2O3/c1-17-7-5-6-10-20(17)15-22(26)24-25-23(27)19-11-13-21(14-12-19)28-16-18-8-3-2-4-9-18/h2-14H,15-16H2,1H3,(H,24,26)(H,25,27). The smallest absolute Gasteiger partial charge is 0.269 e. The van der Waals surface area contributed by atoms with Gasteiger partial charge in [-0.3, -0.25) is 20.4 Å². The Morgan fingerprint density at radius 2 is 1.50 bits per heavy atom. The molecule has 0 aliphatic heterocycles. The van der Waals surface area contributed by atoms with Crippen molar-refractivity contribution >= 4 is 11.8 Å². The SMILES string of the molecule is Cc1ccccc1CC(=O)NNC(=O)c1ccc(OCc2ccccc2)cc1. The number of aryl methyl sites for hydroxylation is 1. The van der Waals surface area contributed by atoms with E-state index in [1.165, 1.54) is 0 Å². The number of carbonyl (C=O) groups excluding carboxylic acids is 2. The fourth-order valence-electron chi connectivity index (χ4n) is 2.67. The predicted molar refractivity (Wildman–Crippen MR) is 108 cm³/mol. The van der Waals surface area contributed by atoms with Gasteiger partial charge in [0.15, 0.2) is 0 Å². The minimum absolute atomic E-state index is 0.208. The zero-order chi connectivity index (χ0) is 19.8. The maximum Gasteiger partial charge on any atom is 0.269 e. The van der Waals surface area contributed by atoms with E-state index in [4.69, 9.17) is 4.74 Å². The van der Waals surface area contributed by atoms with Gasteiger partial charge in [0.1, 0.15) is 12.4 Å². The molecule has 3 rings (SSSR count). The van der Waals surface area contributed by atoms with Crippen molar-refractivity contribution in [1.82, 2.24) is 10.9 Å². The van der Waals surface area contributed by atoms with Crippen molar-refractivity contribution in [2.24, 2.45) is 0 Å². The van der Waals surface area contributed by atoms with Gasteiger partial charge in [-0.2, -0.15) is 0 Å². The summed E-state index contributed by atoms with van der Waals surface area (Å²) in [5, 5.41) is 0. The van der Waals surface area contributed by atoms with E-state index in [1.54, 1.807) is 24.3 Å². The number of nitrogens with one attached hydrogen (secondary N) is 2. The molecule has 3 aromatic carbocycles. The maximum atomic E-state index is 12.2. The molecule has 142 valence electrons. The molecule has 0 bridgehead atoms. The lowest BCUT2D eigenvalue weighted by atomic mass is 10.1. The fourth-order valence-corrected chi connectivity index (χ4v) is 2.67. The summed E-state index contributed by atoms with van der Waals surface area (Å²) in [5.41, 5.74) is 8.35. The molecule has 0 aliphatic carbocycles. The highest BCUT2D eigenvalue weighted by Gasteiger charge is 2.09.